The zero-order chi connectivity index (χ0) is 16.3. The number of rotatable bonds is 5. The Morgan fingerprint density at radius 2 is 1.59 bits per heavy atom. The zero-order valence-electron chi connectivity index (χ0n) is 11.3. The Morgan fingerprint density at radius 1 is 0.955 bits per heavy atom. The molecular weight excluding hydrogens is 304 g/mol. The molecule has 0 aliphatic rings. The van der Waals surface area contributed by atoms with Gasteiger partial charge in [0.15, 0.2) is 5.78 Å². The number of carboxylic acid groups (broad SMARTS) is 2. The highest BCUT2D eigenvalue weighted by Gasteiger charge is 2.29. The van der Waals surface area contributed by atoms with Gasteiger partial charge < -0.3 is 10.2 Å². The molecule has 0 aliphatic carbocycles. The van der Waals surface area contributed by atoms with Gasteiger partial charge in [0.1, 0.15) is 5.92 Å². The van der Waals surface area contributed by atoms with Crippen molar-refractivity contribution < 1.29 is 24.6 Å². The highest BCUT2D eigenvalue weighted by molar-refractivity contribution is 7.80. The van der Waals surface area contributed by atoms with E-state index in [1.807, 2.05) is 0 Å². The van der Waals surface area contributed by atoms with Crippen LogP contribution in [-0.2, 0) is 4.79 Å². The molecule has 0 radical (unpaired) electrons. The number of thiol groups is 1. The Balaban J connectivity index is 2.47. The standard InChI is InChI=1S/C16H12O5S/c17-14(10-6-7-12(22)11(8-10)15(18)19)13(16(20)21)9-4-2-1-3-5-9/h1-8,13,22H,(H,18,19)(H,20,21). The van der Waals surface area contributed by atoms with E-state index in [9.17, 15) is 19.5 Å². The first-order valence-corrected chi connectivity index (χ1v) is 6.75. The van der Waals surface area contributed by atoms with E-state index in [4.69, 9.17) is 5.11 Å². The SMILES string of the molecule is O=C(O)c1cc(C(=O)C(C(=O)O)c2ccccc2)ccc1S. The molecule has 0 fully saturated rings. The monoisotopic (exact) mass is 316 g/mol. The van der Waals surface area contributed by atoms with Crippen LogP contribution >= 0.6 is 12.6 Å². The van der Waals surface area contributed by atoms with Gasteiger partial charge in [-0.3, -0.25) is 9.59 Å². The molecule has 0 aliphatic heterocycles. The zero-order valence-corrected chi connectivity index (χ0v) is 12.2. The number of hydrogen-bond donors (Lipinski definition) is 3. The first-order valence-electron chi connectivity index (χ1n) is 6.30. The minimum atomic E-state index is -1.38. The van der Waals surface area contributed by atoms with Gasteiger partial charge in [0, 0.05) is 10.5 Å². The van der Waals surface area contributed by atoms with Crippen molar-refractivity contribution >= 4 is 30.4 Å². The minimum Gasteiger partial charge on any atom is -0.480 e. The van der Waals surface area contributed by atoms with Crippen LogP contribution in [0.1, 0.15) is 32.2 Å². The summed E-state index contributed by atoms with van der Waals surface area (Å²) in [6.45, 7) is 0. The average Bonchev–Trinajstić information content (AvgIpc) is 2.48. The fraction of sp³-hybridized carbons (Fsp3) is 0.0625. The molecule has 2 aromatic rings. The van der Waals surface area contributed by atoms with Crippen molar-refractivity contribution in [3.8, 4) is 0 Å². The Morgan fingerprint density at radius 3 is 2.14 bits per heavy atom. The van der Waals surface area contributed by atoms with Gasteiger partial charge in [0.25, 0.3) is 0 Å². The van der Waals surface area contributed by atoms with Gasteiger partial charge in [-0.05, 0) is 17.7 Å². The van der Waals surface area contributed by atoms with Gasteiger partial charge in [0.2, 0.25) is 0 Å². The normalized spacial score (nSPS) is 11.7. The predicted molar refractivity (Wildman–Crippen MR) is 81.8 cm³/mol. The second-order valence-electron chi connectivity index (χ2n) is 4.58. The van der Waals surface area contributed by atoms with Crippen molar-refractivity contribution in [2.45, 2.75) is 10.8 Å². The van der Waals surface area contributed by atoms with Crippen molar-refractivity contribution in [3.63, 3.8) is 0 Å². The summed E-state index contributed by atoms with van der Waals surface area (Å²) in [7, 11) is 0. The van der Waals surface area contributed by atoms with Crippen LogP contribution in [-0.4, -0.2) is 27.9 Å². The first kappa shape index (κ1) is 15.8. The third-order valence-corrected chi connectivity index (χ3v) is 3.54. The maximum Gasteiger partial charge on any atom is 0.336 e. The van der Waals surface area contributed by atoms with Crippen LogP contribution in [0.4, 0.5) is 0 Å². The van der Waals surface area contributed by atoms with Crippen molar-refractivity contribution in [2.24, 2.45) is 0 Å². The van der Waals surface area contributed by atoms with Crippen LogP contribution in [0.15, 0.2) is 53.4 Å². The molecule has 2 rings (SSSR count). The van der Waals surface area contributed by atoms with E-state index in [0.29, 0.717) is 5.56 Å². The second-order valence-corrected chi connectivity index (χ2v) is 5.07. The maximum atomic E-state index is 12.5. The van der Waals surface area contributed by atoms with E-state index in [1.165, 1.54) is 12.1 Å². The third-order valence-electron chi connectivity index (χ3n) is 3.15. The molecular formula is C16H12O5S. The summed E-state index contributed by atoms with van der Waals surface area (Å²) in [6, 6.07) is 12.0. The topological polar surface area (TPSA) is 91.7 Å². The second kappa shape index (κ2) is 6.44. The summed E-state index contributed by atoms with van der Waals surface area (Å²) in [6.07, 6.45) is 0. The summed E-state index contributed by atoms with van der Waals surface area (Å²) < 4.78 is 0. The van der Waals surface area contributed by atoms with Gasteiger partial charge in [0.05, 0.1) is 5.56 Å². The van der Waals surface area contributed by atoms with Crippen molar-refractivity contribution in [2.75, 3.05) is 0 Å². The smallest absolute Gasteiger partial charge is 0.336 e. The first-order chi connectivity index (χ1) is 10.4. The summed E-state index contributed by atoms with van der Waals surface area (Å²) >= 11 is 4.01. The fourth-order valence-electron chi connectivity index (χ4n) is 2.08. The van der Waals surface area contributed by atoms with Gasteiger partial charge >= 0.3 is 11.9 Å². The molecule has 6 heteroatoms. The Hall–Kier alpha value is -2.60. The number of carboxylic acids is 2. The molecule has 0 saturated heterocycles. The Kier molecular flexibility index (Phi) is 4.62. The highest BCUT2D eigenvalue weighted by Crippen LogP contribution is 2.24. The molecule has 0 heterocycles. The van der Waals surface area contributed by atoms with Crippen molar-refractivity contribution in [3.05, 3.63) is 65.2 Å². The van der Waals surface area contributed by atoms with Crippen LogP contribution in [0.5, 0.6) is 0 Å². The van der Waals surface area contributed by atoms with Crippen LogP contribution in [0, 0.1) is 0 Å². The number of benzene rings is 2. The molecule has 0 amide bonds. The molecule has 2 N–H and O–H groups in total. The summed E-state index contributed by atoms with van der Waals surface area (Å²) in [5.41, 5.74) is 0.213. The molecule has 22 heavy (non-hydrogen) atoms. The number of aliphatic carboxylic acids is 1. The van der Waals surface area contributed by atoms with Crippen LogP contribution in [0.25, 0.3) is 0 Å². The lowest BCUT2D eigenvalue weighted by Crippen LogP contribution is -2.22. The highest BCUT2D eigenvalue weighted by atomic mass is 32.1. The van der Waals surface area contributed by atoms with Gasteiger partial charge in [-0.25, -0.2) is 4.79 Å². The number of carbonyl (C=O) groups is 3. The van der Waals surface area contributed by atoms with Crippen molar-refractivity contribution in [1.29, 1.82) is 0 Å². The van der Waals surface area contributed by atoms with E-state index < -0.39 is 23.6 Å². The number of Topliss-reactive ketones (excluding diaryl/α,β-unsaturated/α-hetero) is 1. The van der Waals surface area contributed by atoms with E-state index >= 15 is 0 Å². The number of hydrogen-bond acceptors (Lipinski definition) is 4. The molecule has 0 bridgehead atoms. The molecule has 112 valence electrons. The molecule has 1 unspecified atom stereocenters. The van der Waals surface area contributed by atoms with E-state index in [-0.39, 0.29) is 16.0 Å². The molecule has 0 spiro atoms. The fourth-order valence-corrected chi connectivity index (χ4v) is 2.31. The predicted octanol–water partition coefficient (Wildman–Crippen LogP) is 2.72. The lowest BCUT2D eigenvalue weighted by atomic mass is 9.90. The van der Waals surface area contributed by atoms with Gasteiger partial charge in [-0.15, -0.1) is 12.6 Å². The summed E-state index contributed by atoms with van der Waals surface area (Å²) in [5.74, 6) is -4.57. The molecule has 1 atom stereocenters. The van der Waals surface area contributed by atoms with Gasteiger partial charge in [-0.2, -0.15) is 0 Å². The van der Waals surface area contributed by atoms with E-state index in [0.717, 1.165) is 6.07 Å². The van der Waals surface area contributed by atoms with E-state index in [1.54, 1.807) is 30.3 Å². The molecule has 0 saturated carbocycles. The largest absolute Gasteiger partial charge is 0.480 e. The summed E-state index contributed by atoms with van der Waals surface area (Å²) in [5, 5.41) is 18.4. The molecule has 0 aromatic heterocycles. The molecule has 2 aromatic carbocycles. The third kappa shape index (κ3) is 3.17. The minimum absolute atomic E-state index is 0.0199. The summed E-state index contributed by atoms with van der Waals surface area (Å²) in [4.78, 5) is 35.2. The maximum absolute atomic E-state index is 12.5. The van der Waals surface area contributed by atoms with Crippen LogP contribution < -0.4 is 0 Å². The Labute approximate surface area is 131 Å². The van der Waals surface area contributed by atoms with Crippen molar-refractivity contribution in [1.82, 2.24) is 0 Å². The van der Waals surface area contributed by atoms with Gasteiger partial charge in [-0.1, -0.05) is 36.4 Å². The number of carbonyl (C=O) groups excluding carboxylic acids is 1. The molecule has 5 nitrogen and oxygen atoms in total. The number of aromatic carboxylic acids is 1. The average molecular weight is 316 g/mol. The van der Waals surface area contributed by atoms with Crippen LogP contribution in [0.2, 0.25) is 0 Å². The lowest BCUT2D eigenvalue weighted by molar-refractivity contribution is -0.137. The van der Waals surface area contributed by atoms with E-state index in [2.05, 4.69) is 12.6 Å². The number of ketones is 1. The lowest BCUT2D eigenvalue weighted by Gasteiger charge is -2.12. The van der Waals surface area contributed by atoms with Crippen LogP contribution in [0.3, 0.4) is 0 Å². The Bertz CT molecular complexity index is 739. The quantitative estimate of drug-likeness (QED) is 0.448.